The van der Waals surface area contributed by atoms with Crippen LogP contribution in [0.1, 0.15) is 25.7 Å². The lowest BCUT2D eigenvalue weighted by Gasteiger charge is -2.03. The van der Waals surface area contributed by atoms with Crippen molar-refractivity contribution in [2.24, 2.45) is 0 Å². The molecule has 0 N–H and O–H groups in total. The van der Waals surface area contributed by atoms with E-state index >= 15 is 0 Å². The van der Waals surface area contributed by atoms with E-state index < -0.39 is 0 Å². The predicted molar refractivity (Wildman–Crippen MR) is 51.1 cm³/mol. The normalized spacial score (nSPS) is 25.0. The third kappa shape index (κ3) is 3.92. The Balaban J connectivity index is 2.01. The minimum absolute atomic E-state index is 0.515. The van der Waals surface area contributed by atoms with Crippen molar-refractivity contribution < 1.29 is 4.74 Å². The fourth-order valence-corrected chi connectivity index (χ4v) is 1.52. The van der Waals surface area contributed by atoms with Gasteiger partial charge < -0.3 is 4.74 Å². The van der Waals surface area contributed by atoms with Crippen LogP contribution in [0.4, 0.5) is 0 Å². The van der Waals surface area contributed by atoms with Gasteiger partial charge in [-0.25, -0.2) is 0 Å². The average molecular weight is 219 g/mol. The number of halogens is 1. The van der Waals surface area contributed by atoms with Crippen LogP contribution in [0.3, 0.4) is 0 Å². The second-order valence-electron chi connectivity index (χ2n) is 2.82. The van der Waals surface area contributed by atoms with Crippen molar-refractivity contribution in [1.29, 1.82) is 0 Å². The van der Waals surface area contributed by atoms with Crippen molar-refractivity contribution >= 4 is 15.9 Å². The maximum atomic E-state index is 5.47. The zero-order chi connectivity index (χ0) is 7.94. The molecule has 0 saturated carbocycles. The van der Waals surface area contributed by atoms with Gasteiger partial charge in [0.2, 0.25) is 0 Å². The SMILES string of the molecule is BrCCC=CCC1CCCO1. The first kappa shape index (κ1) is 9.27. The van der Waals surface area contributed by atoms with Crippen LogP contribution in [0.2, 0.25) is 0 Å². The lowest BCUT2D eigenvalue weighted by molar-refractivity contribution is 0.113. The standard InChI is InChI=1S/C9H15BrO/c10-7-3-1-2-5-9-6-4-8-11-9/h1-2,9H,3-8H2. The third-order valence-corrected chi connectivity index (χ3v) is 2.32. The molecule has 1 nitrogen and oxygen atoms in total. The molecule has 1 aliphatic heterocycles. The van der Waals surface area contributed by atoms with Gasteiger partial charge in [0.25, 0.3) is 0 Å². The Hall–Kier alpha value is 0.180. The highest BCUT2D eigenvalue weighted by atomic mass is 79.9. The van der Waals surface area contributed by atoms with Crippen molar-refractivity contribution in [3.8, 4) is 0 Å². The molecule has 1 heterocycles. The highest BCUT2D eigenvalue weighted by molar-refractivity contribution is 9.09. The summed E-state index contributed by atoms with van der Waals surface area (Å²) in [5.74, 6) is 0. The highest BCUT2D eigenvalue weighted by Crippen LogP contribution is 2.15. The van der Waals surface area contributed by atoms with Gasteiger partial charge in [0.1, 0.15) is 0 Å². The van der Waals surface area contributed by atoms with E-state index in [1.165, 1.54) is 12.8 Å². The summed E-state index contributed by atoms with van der Waals surface area (Å²) in [6, 6.07) is 0. The van der Waals surface area contributed by atoms with E-state index in [1.54, 1.807) is 0 Å². The van der Waals surface area contributed by atoms with E-state index in [-0.39, 0.29) is 0 Å². The van der Waals surface area contributed by atoms with Crippen LogP contribution in [0, 0.1) is 0 Å². The molecule has 0 radical (unpaired) electrons. The van der Waals surface area contributed by atoms with Crippen LogP contribution in [-0.2, 0) is 4.74 Å². The molecule has 1 unspecified atom stereocenters. The molecule has 0 aromatic carbocycles. The molecule has 0 spiro atoms. The summed E-state index contributed by atoms with van der Waals surface area (Å²) in [5, 5.41) is 1.06. The van der Waals surface area contributed by atoms with Gasteiger partial charge in [-0.15, -0.1) is 0 Å². The molecular weight excluding hydrogens is 204 g/mol. The van der Waals surface area contributed by atoms with Gasteiger partial charge >= 0.3 is 0 Å². The summed E-state index contributed by atoms with van der Waals surface area (Å²) in [5.41, 5.74) is 0. The van der Waals surface area contributed by atoms with Crippen LogP contribution in [-0.4, -0.2) is 18.0 Å². The Labute approximate surface area is 76.9 Å². The van der Waals surface area contributed by atoms with E-state index in [1.807, 2.05) is 0 Å². The third-order valence-electron chi connectivity index (χ3n) is 1.87. The predicted octanol–water partition coefficient (Wildman–Crippen LogP) is 2.90. The van der Waals surface area contributed by atoms with Gasteiger partial charge in [0.15, 0.2) is 0 Å². The van der Waals surface area contributed by atoms with E-state index in [0.717, 1.165) is 24.8 Å². The molecule has 0 aromatic heterocycles. The first-order valence-electron chi connectivity index (χ1n) is 4.26. The molecule has 1 atom stereocenters. The van der Waals surface area contributed by atoms with Crippen molar-refractivity contribution in [1.82, 2.24) is 0 Å². The van der Waals surface area contributed by atoms with Crippen LogP contribution >= 0.6 is 15.9 Å². The van der Waals surface area contributed by atoms with E-state index in [2.05, 4.69) is 28.1 Å². The average Bonchev–Trinajstić information content (AvgIpc) is 2.50. The van der Waals surface area contributed by atoms with Gasteiger partial charge in [-0.1, -0.05) is 28.1 Å². The van der Waals surface area contributed by atoms with Gasteiger partial charge in [0, 0.05) is 11.9 Å². The molecule has 0 aromatic rings. The highest BCUT2D eigenvalue weighted by Gasteiger charge is 2.12. The first-order valence-corrected chi connectivity index (χ1v) is 5.38. The summed E-state index contributed by atoms with van der Waals surface area (Å²) in [6.07, 6.45) is 9.70. The molecule has 2 heteroatoms. The van der Waals surface area contributed by atoms with Crippen LogP contribution < -0.4 is 0 Å². The van der Waals surface area contributed by atoms with E-state index in [9.17, 15) is 0 Å². The topological polar surface area (TPSA) is 9.23 Å². The van der Waals surface area contributed by atoms with Gasteiger partial charge in [0.05, 0.1) is 6.10 Å². The molecule has 1 fully saturated rings. The largest absolute Gasteiger partial charge is 0.378 e. The maximum absolute atomic E-state index is 5.47. The molecular formula is C9H15BrO. The first-order chi connectivity index (χ1) is 5.43. The molecule has 0 aliphatic carbocycles. The zero-order valence-electron chi connectivity index (χ0n) is 6.76. The fourth-order valence-electron chi connectivity index (χ4n) is 1.26. The van der Waals surface area contributed by atoms with Gasteiger partial charge in [-0.05, 0) is 25.7 Å². The van der Waals surface area contributed by atoms with Crippen molar-refractivity contribution in [3.05, 3.63) is 12.2 Å². The Morgan fingerprint density at radius 1 is 1.45 bits per heavy atom. The lowest BCUT2D eigenvalue weighted by Crippen LogP contribution is -2.01. The molecule has 0 bridgehead atoms. The summed E-state index contributed by atoms with van der Waals surface area (Å²) >= 11 is 3.38. The van der Waals surface area contributed by atoms with Crippen molar-refractivity contribution in [2.75, 3.05) is 11.9 Å². The minimum atomic E-state index is 0.515. The minimum Gasteiger partial charge on any atom is -0.378 e. The number of rotatable bonds is 4. The molecule has 1 aliphatic rings. The number of allylic oxidation sites excluding steroid dienone is 1. The summed E-state index contributed by atoms with van der Waals surface area (Å²) < 4.78 is 5.47. The van der Waals surface area contributed by atoms with Crippen LogP contribution in [0.15, 0.2) is 12.2 Å². The van der Waals surface area contributed by atoms with Crippen molar-refractivity contribution in [2.45, 2.75) is 31.8 Å². The Morgan fingerprint density at radius 2 is 2.36 bits per heavy atom. The number of hydrogen-bond acceptors (Lipinski definition) is 1. The summed E-state index contributed by atoms with van der Waals surface area (Å²) in [6.45, 7) is 0.969. The molecule has 64 valence electrons. The molecule has 11 heavy (non-hydrogen) atoms. The van der Waals surface area contributed by atoms with Gasteiger partial charge in [-0.3, -0.25) is 0 Å². The van der Waals surface area contributed by atoms with Crippen LogP contribution in [0.5, 0.6) is 0 Å². The number of alkyl halides is 1. The Kier molecular flexibility index (Phi) is 4.87. The Morgan fingerprint density at radius 3 is 3.00 bits per heavy atom. The van der Waals surface area contributed by atoms with Gasteiger partial charge in [-0.2, -0.15) is 0 Å². The second-order valence-corrected chi connectivity index (χ2v) is 3.61. The van der Waals surface area contributed by atoms with E-state index in [0.29, 0.717) is 6.10 Å². The van der Waals surface area contributed by atoms with E-state index in [4.69, 9.17) is 4.74 Å². The zero-order valence-corrected chi connectivity index (χ0v) is 8.35. The smallest absolute Gasteiger partial charge is 0.0610 e. The molecule has 1 saturated heterocycles. The van der Waals surface area contributed by atoms with Crippen LogP contribution in [0.25, 0.3) is 0 Å². The monoisotopic (exact) mass is 218 g/mol. The number of hydrogen-bond donors (Lipinski definition) is 0. The number of ether oxygens (including phenoxy) is 1. The fraction of sp³-hybridized carbons (Fsp3) is 0.778. The quantitative estimate of drug-likeness (QED) is 0.521. The summed E-state index contributed by atoms with van der Waals surface area (Å²) in [4.78, 5) is 0. The second kappa shape index (κ2) is 5.78. The maximum Gasteiger partial charge on any atom is 0.0610 e. The Bertz CT molecular complexity index is 117. The van der Waals surface area contributed by atoms with Crippen molar-refractivity contribution in [3.63, 3.8) is 0 Å². The summed E-state index contributed by atoms with van der Waals surface area (Å²) in [7, 11) is 0. The molecule has 0 amide bonds. The lowest BCUT2D eigenvalue weighted by atomic mass is 10.2. The molecule has 1 rings (SSSR count).